The lowest BCUT2D eigenvalue weighted by atomic mass is 10.1. The number of benzene rings is 1. The predicted molar refractivity (Wildman–Crippen MR) is 94.6 cm³/mol. The summed E-state index contributed by atoms with van der Waals surface area (Å²) >= 11 is 1.34. The molecule has 1 saturated heterocycles. The first-order valence-electron chi connectivity index (χ1n) is 8.06. The lowest BCUT2D eigenvalue weighted by Crippen LogP contribution is -2.45. The maximum Gasteiger partial charge on any atom is 0.242 e. The molecular formula is C17H22N4O2S. The van der Waals surface area contributed by atoms with Crippen LogP contribution in [0, 0.1) is 6.92 Å². The number of rotatable bonds is 5. The molecule has 1 aromatic heterocycles. The fraction of sp³-hybridized carbons (Fsp3) is 0.471. The van der Waals surface area contributed by atoms with E-state index in [1.807, 2.05) is 16.8 Å². The van der Waals surface area contributed by atoms with E-state index < -0.39 is 0 Å². The van der Waals surface area contributed by atoms with Crippen LogP contribution in [0.5, 0.6) is 0 Å². The van der Waals surface area contributed by atoms with Gasteiger partial charge in [0.1, 0.15) is 5.82 Å². The van der Waals surface area contributed by atoms with E-state index in [4.69, 9.17) is 4.74 Å². The monoisotopic (exact) mass is 346 g/mol. The molecule has 0 N–H and O–H groups in total. The zero-order valence-corrected chi connectivity index (χ0v) is 14.9. The van der Waals surface area contributed by atoms with Gasteiger partial charge < -0.3 is 14.5 Å². The van der Waals surface area contributed by atoms with Crippen LogP contribution < -0.4 is 4.90 Å². The second-order valence-corrected chi connectivity index (χ2v) is 6.74. The zero-order valence-electron chi connectivity index (χ0n) is 14.1. The maximum atomic E-state index is 12.3. The zero-order chi connectivity index (χ0) is 16.9. The Kier molecular flexibility index (Phi) is 5.42. The molecule has 1 aromatic carbocycles. The third-order valence-corrected chi connectivity index (χ3v) is 4.87. The number of carbonyl (C=O) groups excluding carboxylic acids is 1. The average molecular weight is 346 g/mol. The van der Waals surface area contributed by atoms with Crippen molar-refractivity contribution in [3.63, 3.8) is 0 Å². The summed E-state index contributed by atoms with van der Waals surface area (Å²) in [4.78, 5) is 20.6. The SMILES string of the molecule is Cc1ccc(Cc2nsc(N(C)CC(=O)N3CCOCC3)n2)cc1. The molecular weight excluding hydrogens is 324 g/mol. The van der Waals surface area contributed by atoms with Gasteiger partial charge in [0, 0.05) is 38.1 Å². The number of aromatic nitrogens is 2. The maximum absolute atomic E-state index is 12.3. The van der Waals surface area contributed by atoms with Gasteiger partial charge in [0.2, 0.25) is 11.0 Å². The molecule has 128 valence electrons. The number of morpholine rings is 1. The second-order valence-electron chi connectivity index (χ2n) is 6.00. The first-order chi connectivity index (χ1) is 11.6. The van der Waals surface area contributed by atoms with Crippen LogP contribution in [0.2, 0.25) is 0 Å². The van der Waals surface area contributed by atoms with Crippen LogP contribution in [0.3, 0.4) is 0 Å². The van der Waals surface area contributed by atoms with E-state index in [0.717, 1.165) is 11.0 Å². The lowest BCUT2D eigenvalue weighted by Gasteiger charge is -2.28. The quantitative estimate of drug-likeness (QED) is 0.825. The van der Waals surface area contributed by atoms with E-state index in [9.17, 15) is 4.79 Å². The number of carbonyl (C=O) groups is 1. The van der Waals surface area contributed by atoms with Gasteiger partial charge in [-0.2, -0.15) is 4.37 Å². The molecule has 24 heavy (non-hydrogen) atoms. The van der Waals surface area contributed by atoms with Gasteiger partial charge in [-0.25, -0.2) is 4.98 Å². The highest BCUT2D eigenvalue weighted by Crippen LogP contribution is 2.18. The Bertz CT molecular complexity index is 680. The molecule has 1 amide bonds. The van der Waals surface area contributed by atoms with Crippen molar-refractivity contribution in [1.29, 1.82) is 0 Å². The molecule has 1 fully saturated rings. The molecule has 0 radical (unpaired) electrons. The van der Waals surface area contributed by atoms with Crippen molar-refractivity contribution in [2.45, 2.75) is 13.3 Å². The minimum atomic E-state index is 0.107. The normalized spacial score (nSPS) is 14.7. The van der Waals surface area contributed by atoms with Gasteiger partial charge in [-0.05, 0) is 12.5 Å². The highest BCUT2D eigenvalue weighted by Gasteiger charge is 2.19. The molecule has 3 rings (SSSR count). The predicted octanol–water partition coefficient (Wildman–Crippen LogP) is 1.73. The van der Waals surface area contributed by atoms with Crippen LogP contribution in [0.15, 0.2) is 24.3 Å². The molecule has 0 bridgehead atoms. The van der Waals surface area contributed by atoms with Gasteiger partial charge >= 0.3 is 0 Å². The van der Waals surface area contributed by atoms with Crippen molar-refractivity contribution in [3.8, 4) is 0 Å². The van der Waals surface area contributed by atoms with Crippen molar-refractivity contribution in [3.05, 3.63) is 41.2 Å². The van der Waals surface area contributed by atoms with E-state index in [-0.39, 0.29) is 5.91 Å². The van der Waals surface area contributed by atoms with Gasteiger partial charge in [0.25, 0.3) is 0 Å². The van der Waals surface area contributed by atoms with Crippen LogP contribution in [0.25, 0.3) is 0 Å². The van der Waals surface area contributed by atoms with Crippen molar-refractivity contribution >= 4 is 22.6 Å². The van der Waals surface area contributed by atoms with E-state index in [1.165, 1.54) is 22.7 Å². The van der Waals surface area contributed by atoms with Gasteiger partial charge in [0.15, 0.2) is 0 Å². The average Bonchev–Trinajstić information content (AvgIpc) is 3.06. The Morgan fingerprint density at radius 3 is 2.71 bits per heavy atom. The standard InChI is InChI=1S/C17H22N4O2S/c1-13-3-5-14(6-4-13)11-15-18-17(24-19-15)20(2)12-16(22)21-7-9-23-10-8-21/h3-6H,7-12H2,1-2H3. The molecule has 0 atom stereocenters. The van der Waals surface area contributed by atoms with E-state index in [1.54, 1.807) is 0 Å². The van der Waals surface area contributed by atoms with Crippen LogP contribution in [0.1, 0.15) is 17.0 Å². The summed E-state index contributed by atoms with van der Waals surface area (Å²) in [6.07, 6.45) is 0.710. The second kappa shape index (κ2) is 7.72. The fourth-order valence-electron chi connectivity index (χ4n) is 2.54. The third kappa shape index (κ3) is 4.30. The summed E-state index contributed by atoms with van der Waals surface area (Å²) < 4.78 is 9.70. The Morgan fingerprint density at radius 2 is 2.00 bits per heavy atom. The van der Waals surface area contributed by atoms with Gasteiger partial charge in [-0.1, -0.05) is 29.8 Å². The summed E-state index contributed by atoms with van der Waals surface area (Å²) in [5, 5.41) is 0.777. The molecule has 2 heterocycles. The fourth-order valence-corrected chi connectivity index (χ4v) is 3.19. The van der Waals surface area contributed by atoms with Crippen molar-refractivity contribution in [1.82, 2.24) is 14.3 Å². The topological polar surface area (TPSA) is 58.6 Å². The Hall–Kier alpha value is -1.99. The molecule has 0 aliphatic carbocycles. The largest absolute Gasteiger partial charge is 0.378 e. The highest BCUT2D eigenvalue weighted by atomic mass is 32.1. The molecule has 2 aromatic rings. The molecule has 0 saturated carbocycles. The first kappa shape index (κ1) is 16.9. The number of hydrogen-bond acceptors (Lipinski definition) is 6. The van der Waals surface area contributed by atoms with Gasteiger partial charge in [-0.15, -0.1) is 0 Å². The molecule has 1 aliphatic heterocycles. The number of amides is 1. The summed E-state index contributed by atoms with van der Waals surface area (Å²) in [6.45, 7) is 4.97. The number of aryl methyl sites for hydroxylation is 1. The molecule has 0 spiro atoms. The number of likely N-dealkylation sites (N-methyl/N-ethyl adjacent to an activating group) is 1. The Morgan fingerprint density at radius 1 is 1.29 bits per heavy atom. The molecule has 0 unspecified atom stereocenters. The summed E-state index contributed by atoms with van der Waals surface area (Å²) in [5.74, 6) is 0.903. The van der Waals surface area contributed by atoms with Crippen LogP contribution in [-0.2, 0) is 16.0 Å². The molecule has 1 aliphatic rings. The van der Waals surface area contributed by atoms with Crippen LogP contribution >= 0.6 is 11.5 Å². The van der Waals surface area contributed by atoms with E-state index in [0.29, 0.717) is 39.3 Å². The van der Waals surface area contributed by atoms with E-state index >= 15 is 0 Å². The Balaban J connectivity index is 1.57. The highest BCUT2D eigenvalue weighted by molar-refractivity contribution is 7.09. The molecule has 7 heteroatoms. The van der Waals surface area contributed by atoms with Crippen molar-refractivity contribution in [2.24, 2.45) is 0 Å². The lowest BCUT2D eigenvalue weighted by molar-refractivity contribution is -0.133. The summed E-state index contributed by atoms with van der Waals surface area (Å²) in [6, 6.07) is 8.38. The smallest absolute Gasteiger partial charge is 0.242 e. The number of nitrogens with zero attached hydrogens (tertiary/aromatic N) is 4. The van der Waals surface area contributed by atoms with Crippen LogP contribution in [0.4, 0.5) is 5.13 Å². The first-order valence-corrected chi connectivity index (χ1v) is 8.84. The van der Waals surface area contributed by atoms with Crippen LogP contribution in [-0.4, -0.2) is 60.1 Å². The van der Waals surface area contributed by atoms with Gasteiger partial charge in [-0.3, -0.25) is 4.79 Å². The number of hydrogen-bond donors (Lipinski definition) is 0. The van der Waals surface area contributed by atoms with Gasteiger partial charge in [0.05, 0.1) is 19.8 Å². The van der Waals surface area contributed by atoms with Crippen molar-refractivity contribution < 1.29 is 9.53 Å². The van der Waals surface area contributed by atoms with Crippen molar-refractivity contribution in [2.75, 3.05) is 44.8 Å². The third-order valence-electron chi connectivity index (χ3n) is 4.00. The van der Waals surface area contributed by atoms with E-state index in [2.05, 4.69) is 40.5 Å². The number of anilines is 1. The summed E-state index contributed by atoms with van der Waals surface area (Å²) in [5.41, 5.74) is 2.43. The minimum Gasteiger partial charge on any atom is -0.378 e. The number of ether oxygens (including phenoxy) is 1. The Labute approximate surface area is 146 Å². The molecule has 6 nitrogen and oxygen atoms in total. The summed E-state index contributed by atoms with van der Waals surface area (Å²) in [7, 11) is 1.88. The minimum absolute atomic E-state index is 0.107.